The van der Waals surface area contributed by atoms with Crippen molar-refractivity contribution in [3.63, 3.8) is 0 Å². The maximum Gasteiger partial charge on any atom is 0.0108 e. The maximum atomic E-state index is 3.73. The Morgan fingerprint density at radius 1 is 1.21 bits per heavy atom. The monoisotopic (exact) mass is 277 g/mol. The molecule has 2 unspecified atom stereocenters. The van der Waals surface area contributed by atoms with Crippen LogP contribution in [0.5, 0.6) is 0 Å². The summed E-state index contributed by atoms with van der Waals surface area (Å²) in [7, 11) is 0. The Morgan fingerprint density at radius 2 is 2.00 bits per heavy atom. The summed E-state index contributed by atoms with van der Waals surface area (Å²) in [5.74, 6) is 2.78. The molecule has 0 aromatic heterocycles. The minimum atomic E-state index is 0.650. The van der Waals surface area contributed by atoms with Crippen molar-refractivity contribution in [2.24, 2.45) is 5.92 Å². The van der Waals surface area contributed by atoms with Gasteiger partial charge in [0, 0.05) is 29.2 Å². The summed E-state index contributed by atoms with van der Waals surface area (Å²) in [6, 6.07) is 9.52. The molecule has 0 amide bonds. The lowest BCUT2D eigenvalue weighted by atomic mass is 10.00. The third kappa shape index (κ3) is 4.54. The fourth-order valence-electron chi connectivity index (χ4n) is 2.68. The number of rotatable bonds is 7. The van der Waals surface area contributed by atoms with Gasteiger partial charge in [0.25, 0.3) is 0 Å². The Kier molecular flexibility index (Phi) is 5.77. The number of nitrogens with one attached hydrogen (secondary N) is 1. The standard InChI is InChI=1S/C17H27NS/c1-13(2)7-6-8-14(3)18-11-15-12-19-17-10-5-4-9-16(15)17/h4-5,9-10,13-15,18H,6-8,11-12H2,1-3H3. The van der Waals surface area contributed by atoms with Gasteiger partial charge < -0.3 is 5.32 Å². The van der Waals surface area contributed by atoms with Crippen molar-refractivity contribution in [1.82, 2.24) is 5.32 Å². The molecule has 0 radical (unpaired) electrons. The van der Waals surface area contributed by atoms with E-state index in [1.807, 2.05) is 11.8 Å². The largest absolute Gasteiger partial charge is 0.314 e. The SMILES string of the molecule is CC(C)CCCC(C)NCC1CSc2ccccc21. The van der Waals surface area contributed by atoms with Crippen molar-refractivity contribution >= 4 is 11.8 Å². The molecule has 0 aliphatic carbocycles. The van der Waals surface area contributed by atoms with Gasteiger partial charge in [-0.25, -0.2) is 0 Å². The fraction of sp³-hybridized carbons (Fsp3) is 0.647. The van der Waals surface area contributed by atoms with Gasteiger partial charge in [-0.3, -0.25) is 0 Å². The van der Waals surface area contributed by atoms with Crippen LogP contribution < -0.4 is 5.32 Å². The van der Waals surface area contributed by atoms with Crippen molar-refractivity contribution in [2.45, 2.75) is 56.9 Å². The van der Waals surface area contributed by atoms with E-state index in [1.54, 1.807) is 5.56 Å². The lowest BCUT2D eigenvalue weighted by Gasteiger charge is -2.18. The molecule has 1 nitrogen and oxygen atoms in total. The highest BCUT2D eigenvalue weighted by Gasteiger charge is 2.22. The minimum absolute atomic E-state index is 0.650. The van der Waals surface area contributed by atoms with E-state index >= 15 is 0 Å². The molecule has 2 rings (SSSR count). The topological polar surface area (TPSA) is 12.0 Å². The number of thioether (sulfide) groups is 1. The molecule has 19 heavy (non-hydrogen) atoms. The average Bonchev–Trinajstić information content (AvgIpc) is 2.79. The highest BCUT2D eigenvalue weighted by molar-refractivity contribution is 7.99. The molecule has 106 valence electrons. The molecule has 1 aliphatic heterocycles. The van der Waals surface area contributed by atoms with Crippen LogP contribution in [-0.2, 0) is 0 Å². The van der Waals surface area contributed by atoms with Gasteiger partial charge in [0.2, 0.25) is 0 Å². The quantitative estimate of drug-likeness (QED) is 0.776. The van der Waals surface area contributed by atoms with E-state index in [0.717, 1.165) is 12.5 Å². The second kappa shape index (κ2) is 7.35. The molecule has 2 atom stereocenters. The highest BCUT2D eigenvalue weighted by atomic mass is 32.2. The third-order valence-electron chi connectivity index (χ3n) is 3.93. The van der Waals surface area contributed by atoms with Crippen LogP contribution in [0.1, 0.15) is 51.5 Å². The predicted molar refractivity (Wildman–Crippen MR) is 86.1 cm³/mol. The van der Waals surface area contributed by atoms with Crippen LogP contribution in [0.4, 0.5) is 0 Å². The number of hydrogen-bond donors (Lipinski definition) is 1. The van der Waals surface area contributed by atoms with Crippen LogP contribution in [0.3, 0.4) is 0 Å². The summed E-state index contributed by atoms with van der Waals surface area (Å²) in [4.78, 5) is 1.49. The van der Waals surface area contributed by atoms with E-state index in [9.17, 15) is 0 Å². The molecule has 1 heterocycles. The predicted octanol–water partition coefficient (Wildman–Crippen LogP) is 4.68. The zero-order valence-electron chi connectivity index (χ0n) is 12.5. The van der Waals surface area contributed by atoms with Crippen LogP contribution in [0, 0.1) is 5.92 Å². The molecule has 0 fully saturated rings. The van der Waals surface area contributed by atoms with Crippen LogP contribution in [0.25, 0.3) is 0 Å². The molecular formula is C17H27NS. The van der Waals surface area contributed by atoms with Gasteiger partial charge in [0.15, 0.2) is 0 Å². The van der Waals surface area contributed by atoms with Gasteiger partial charge in [0.05, 0.1) is 0 Å². The van der Waals surface area contributed by atoms with Gasteiger partial charge in [-0.15, -0.1) is 11.8 Å². The Bertz CT molecular complexity index is 389. The summed E-state index contributed by atoms with van der Waals surface area (Å²) in [6.45, 7) is 8.08. The van der Waals surface area contributed by atoms with E-state index < -0.39 is 0 Å². The van der Waals surface area contributed by atoms with Crippen LogP contribution >= 0.6 is 11.8 Å². The first kappa shape index (κ1) is 14.9. The Labute approximate surface area is 122 Å². The van der Waals surface area contributed by atoms with Gasteiger partial charge in [-0.05, 0) is 30.9 Å². The second-order valence-electron chi connectivity index (χ2n) is 6.18. The lowest BCUT2D eigenvalue weighted by Crippen LogP contribution is -2.30. The summed E-state index contributed by atoms with van der Waals surface area (Å²) < 4.78 is 0. The van der Waals surface area contributed by atoms with E-state index in [1.165, 1.54) is 29.9 Å². The molecule has 1 aromatic rings. The normalized spacial score (nSPS) is 19.7. The molecule has 0 saturated carbocycles. The van der Waals surface area contributed by atoms with Crippen molar-refractivity contribution in [3.8, 4) is 0 Å². The average molecular weight is 277 g/mol. The molecule has 0 saturated heterocycles. The summed E-state index contributed by atoms with van der Waals surface area (Å²) >= 11 is 2.01. The van der Waals surface area contributed by atoms with Crippen molar-refractivity contribution < 1.29 is 0 Å². The lowest BCUT2D eigenvalue weighted by molar-refractivity contribution is 0.449. The maximum absolute atomic E-state index is 3.73. The third-order valence-corrected chi connectivity index (χ3v) is 5.18. The molecule has 2 heteroatoms. The molecule has 1 aliphatic rings. The van der Waals surface area contributed by atoms with Crippen molar-refractivity contribution in [1.29, 1.82) is 0 Å². The highest BCUT2D eigenvalue weighted by Crippen LogP contribution is 2.38. The van der Waals surface area contributed by atoms with E-state index in [4.69, 9.17) is 0 Å². The van der Waals surface area contributed by atoms with Crippen molar-refractivity contribution in [2.75, 3.05) is 12.3 Å². The van der Waals surface area contributed by atoms with Gasteiger partial charge >= 0.3 is 0 Å². The van der Waals surface area contributed by atoms with Crippen molar-refractivity contribution in [3.05, 3.63) is 29.8 Å². The van der Waals surface area contributed by atoms with Gasteiger partial charge in [0.1, 0.15) is 0 Å². The molecule has 1 aromatic carbocycles. The number of fused-ring (bicyclic) bond motifs is 1. The Hall–Kier alpha value is -0.470. The Balaban J connectivity index is 1.72. The van der Waals surface area contributed by atoms with Gasteiger partial charge in [-0.2, -0.15) is 0 Å². The Morgan fingerprint density at radius 3 is 2.79 bits per heavy atom. The number of benzene rings is 1. The van der Waals surface area contributed by atoms with Crippen LogP contribution in [-0.4, -0.2) is 18.3 Å². The molecule has 0 bridgehead atoms. The summed E-state index contributed by atoms with van der Waals surface area (Å²) in [5, 5.41) is 3.73. The molecular weight excluding hydrogens is 250 g/mol. The first-order chi connectivity index (χ1) is 9.16. The smallest absolute Gasteiger partial charge is 0.0108 e. The number of hydrogen-bond acceptors (Lipinski definition) is 2. The van der Waals surface area contributed by atoms with E-state index in [0.29, 0.717) is 12.0 Å². The minimum Gasteiger partial charge on any atom is -0.314 e. The summed E-state index contributed by atoms with van der Waals surface area (Å²) in [6.07, 6.45) is 4.01. The van der Waals surface area contributed by atoms with E-state index in [2.05, 4.69) is 50.4 Å². The fourth-order valence-corrected chi connectivity index (χ4v) is 3.93. The summed E-state index contributed by atoms with van der Waals surface area (Å²) in [5.41, 5.74) is 1.55. The van der Waals surface area contributed by atoms with E-state index in [-0.39, 0.29) is 0 Å². The first-order valence-electron chi connectivity index (χ1n) is 7.62. The first-order valence-corrected chi connectivity index (χ1v) is 8.60. The second-order valence-corrected chi connectivity index (χ2v) is 7.24. The molecule has 0 spiro atoms. The van der Waals surface area contributed by atoms with Crippen LogP contribution in [0.2, 0.25) is 0 Å². The van der Waals surface area contributed by atoms with Crippen LogP contribution in [0.15, 0.2) is 29.2 Å². The van der Waals surface area contributed by atoms with Gasteiger partial charge in [-0.1, -0.05) is 44.9 Å². The zero-order valence-corrected chi connectivity index (χ0v) is 13.3. The zero-order chi connectivity index (χ0) is 13.7. The molecule has 1 N–H and O–H groups in total.